The van der Waals surface area contributed by atoms with Crippen LogP contribution < -0.4 is 16.8 Å². The predicted octanol–water partition coefficient (Wildman–Crippen LogP) is 0.793. The number of rotatable bonds is 6. The number of nitrogens with two attached hydrogens (primary N) is 2. The van der Waals surface area contributed by atoms with E-state index in [1.54, 1.807) is 0 Å². The number of nitrogens with one attached hydrogen (secondary N) is 1. The van der Waals surface area contributed by atoms with E-state index in [1.165, 1.54) is 12.1 Å². The minimum Gasteiger partial charge on any atom is -0.398 e. The molecule has 0 aliphatic heterocycles. The van der Waals surface area contributed by atoms with Crippen molar-refractivity contribution in [2.45, 2.75) is 19.3 Å². The number of unbranched alkanes of at least 4 members (excludes halogenated alkanes) is 1. The van der Waals surface area contributed by atoms with Crippen LogP contribution >= 0.6 is 0 Å². The van der Waals surface area contributed by atoms with Crippen LogP contribution in [0.1, 0.15) is 29.6 Å². The van der Waals surface area contributed by atoms with Gasteiger partial charge in [0.15, 0.2) is 0 Å². The largest absolute Gasteiger partial charge is 0.398 e. The minimum absolute atomic E-state index is 0.116. The van der Waals surface area contributed by atoms with E-state index in [0.29, 0.717) is 19.4 Å². The monoisotopic (exact) mass is 253 g/mol. The molecule has 0 aromatic heterocycles. The van der Waals surface area contributed by atoms with Crippen LogP contribution in [0.15, 0.2) is 18.2 Å². The number of carbonyl (C=O) groups excluding carboxylic acids is 2. The number of benzene rings is 1. The number of nitrogen functional groups attached to an aromatic ring is 1. The molecule has 5 nitrogen and oxygen atoms in total. The fourth-order valence-electron chi connectivity index (χ4n) is 1.45. The van der Waals surface area contributed by atoms with Crippen LogP contribution in [-0.2, 0) is 4.79 Å². The van der Waals surface area contributed by atoms with E-state index in [1.807, 2.05) is 0 Å². The van der Waals surface area contributed by atoms with Crippen LogP contribution in [0.4, 0.5) is 10.1 Å². The third-order valence-electron chi connectivity index (χ3n) is 2.40. The molecule has 0 heterocycles. The quantitative estimate of drug-likeness (QED) is 0.516. The number of amides is 2. The van der Waals surface area contributed by atoms with Gasteiger partial charge in [0.1, 0.15) is 5.82 Å². The zero-order valence-electron chi connectivity index (χ0n) is 9.91. The zero-order valence-corrected chi connectivity index (χ0v) is 9.91. The molecular weight excluding hydrogens is 237 g/mol. The van der Waals surface area contributed by atoms with Crippen molar-refractivity contribution in [2.24, 2.45) is 5.73 Å². The molecule has 0 atom stereocenters. The fourth-order valence-corrected chi connectivity index (χ4v) is 1.45. The van der Waals surface area contributed by atoms with Crippen LogP contribution in [0.5, 0.6) is 0 Å². The van der Waals surface area contributed by atoms with E-state index in [-0.39, 0.29) is 23.6 Å². The summed E-state index contributed by atoms with van der Waals surface area (Å²) >= 11 is 0. The Kier molecular flexibility index (Phi) is 5.10. The molecule has 0 bridgehead atoms. The van der Waals surface area contributed by atoms with Crippen molar-refractivity contribution in [2.75, 3.05) is 12.3 Å². The number of anilines is 1. The second-order valence-electron chi connectivity index (χ2n) is 3.91. The average molecular weight is 253 g/mol. The Morgan fingerprint density at radius 1 is 1.28 bits per heavy atom. The molecule has 18 heavy (non-hydrogen) atoms. The molecule has 1 rings (SSSR count). The summed E-state index contributed by atoms with van der Waals surface area (Å²) in [6.07, 6.45) is 1.52. The summed E-state index contributed by atoms with van der Waals surface area (Å²) in [5, 5.41) is 2.60. The van der Waals surface area contributed by atoms with E-state index < -0.39 is 11.7 Å². The average Bonchev–Trinajstić information content (AvgIpc) is 2.31. The molecule has 0 spiro atoms. The van der Waals surface area contributed by atoms with Gasteiger partial charge in [-0.2, -0.15) is 0 Å². The van der Waals surface area contributed by atoms with Gasteiger partial charge in [0.05, 0.1) is 5.56 Å². The maximum Gasteiger partial charge on any atom is 0.253 e. The Morgan fingerprint density at radius 3 is 2.67 bits per heavy atom. The van der Waals surface area contributed by atoms with Crippen molar-refractivity contribution >= 4 is 17.5 Å². The molecule has 0 aliphatic carbocycles. The molecule has 1 aromatic carbocycles. The molecular formula is C12H16FN3O2. The van der Waals surface area contributed by atoms with Crippen molar-refractivity contribution in [3.05, 3.63) is 29.6 Å². The number of halogens is 1. The Balaban J connectivity index is 2.41. The molecule has 98 valence electrons. The Morgan fingerprint density at radius 2 is 2.00 bits per heavy atom. The number of carbonyl (C=O) groups is 2. The molecule has 1 aromatic rings. The summed E-state index contributed by atoms with van der Waals surface area (Å²) in [6.45, 7) is 0.391. The van der Waals surface area contributed by atoms with Crippen molar-refractivity contribution < 1.29 is 14.0 Å². The summed E-state index contributed by atoms with van der Waals surface area (Å²) < 4.78 is 13.0. The Bertz CT molecular complexity index is 449. The third-order valence-corrected chi connectivity index (χ3v) is 2.40. The first-order valence-corrected chi connectivity index (χ1v) is 5.62. The van der Waals surface area contributed by atoms with Gasteiger partial charge in [-0.15, -0.1) is 0 Å². The van der Waals surface area contributed by atoms with Crippen molar-refractivity contribution in [3.63, 3.8) is 0 Å². The summed E-state index contributed by atoms with van der Waals surface area (Å²) in [5.41, 5.74) is 10.9. The van der Waals surface area contributed by atoms with Crippen molar-refractivity contribution in [1.82, 2.24) is 5.32 Å². The summed E-state index contributed by atoms with van der Waals surface area (Å²) in [6, 6.07) is 3.63. The fraction of sp³-hybridized carbons (Fsp3) is 0.333. The van der Waals surface area contributed by atoms with Gasteiger partial charge in [-0.3, -0.25) is 9.59 Å². The number of hydrogen-bond donors (Lipinski definition) is 3. The second-order valence-corrected chi connectivity index (χ2v) is 3.91. The highest BCUT2D eigenvalue weighted by atomic mass is 19.1. The van der Waals surface area contributed by atoms with Crippen LogP contribution in [0.25, 0.3) is 0 Å². The normalized spacial score (nSPS) is 10.1. The first-order chi connectivity index (χ1) is 8.50. The molecule has 5 N–H and O–H groups in total. The lowest BCUT2D eigenvalue weighted by atomic mass is 10.1. The predicted molar refractivity (Wildman–Crippen MR) is 66.2 cm³/mol. The van der Waals surface area contributed by atoms with Crippen LogP contribution in [0.2, 0.25) is 0 Å². The van der Waals surface area contributed by atoms with Gasteiger partial charge in [0.2, 0.25) is 5.91 Å². The molecule has 6 heteroatoms. The highest BCUT2D eigenvalue weighted by Crippen LogP contribution is 2.12. The Labute approximate surface area is 104 Å². The van der Waals surface area contributed by atoms with Gasteiger partial charge < -0.3 is 16.8 Å². The summed E-state index contributed by atoms with van der Waals surface area (Å²) in [7, 11) is 0. The second kappa shape index (κ2) is 6.58. The first kappa shape index (κ1) is 14.0. The summed E-state index contributed by atoms with van der Waals surface area (Å²) in [4.78, 5) is 22.1. The van der Waals surface area contributed by atoms with Crippen LogP contribution in [0.3, 0.4) is 0 Å². The maximum atomic E-state index is 13.0. The minimum atomic E-state index is -0.511. The van der Waals surface area contributed by atoms with E-state index in [9.17, 15) is 14.0 Å². The van der Waals surface area contributed by atoms with Gasteiger partial charge in [-0.25, -0.2) is 4.39 Å². The third kappa shape index (κ3) is 4.40. The van der Waals surface area contributed by atoms with Gasteiger partial charge in [-0.05, 0) is 31.0 Å². The van der Waals surface area contributed by atoms with Crippen molar-refractivity contribution in [1.29, 1.82) is 0 Å². The number of primary amides is 1. The maximum absolute atomic E-state index is 13.0. The molecule has 0 aliphatic rings. The topological polar surface area (TPSA) is 98.2 Å². The van der Waals surface area contributed by atoms with Crippen LogP contribution in [0, 0.1) is 5.82 Å². The van der Waals surface area contributed by atoms with Crippen molar-refractivity contribution in [3.8, 4) is 0 Å². The molecule has 2 amide bonds. The lowest BCUT2D eigenvalue weighted by molar-refractivity contribution is -0.118. The molecule has 0 saturated carbocycles. The van der Waals surface area contributed by atoms with E-state index in [2.05, 4.69) is 5.32 Å². The number of hydrogen-bond acceptors (Lipinski definition) is 3. The molecule has 0 unspecified atom stereocenters. The van der Waals surface area contributed by atoms with Gasteiger partial charge in [-0.1, -0.05) is 0 Å². The highest BCUT2D eigenvalue weighted by Gasteiger charge is 2.09. The first-order valence-electron chi connectivity index (χ1n) is 5.62. The van der Waals surface area contributed by atoms with E-state index in [4.69, 9.17) is 11.5 Å². The lowest BCUT2D eigenvalue weighted by Gasteiger charge is -2.07. The lowest BCUT2D eigenvalue weighted by Crippen LogP contribution is -2.25. The SMILES string of the molecule is NC(=O)CCCCNC(=O)c1cc(F)ccc1N. The Hall–Kier alpha value is -2.11. The van der Waals surface area contributed by atoms with E-state index in [0.717, 1.165) is 6.07 Å². The molecule has 0 fully saturated rings. The standard InChI is InChI=1S/C12H16FN3O2/c13-8-4-5-10(14)9(7-8)12(18)16-6-2-1-3-11(15)17/h4-5,7H,1-3,6,14H2,(H2,15,17)(H,16,18). The van der Waals surface area contributed by atoms with Gasteiger partial charge in [0, 0.05) is 18.7 Å². The van der Waals surface area contributed by atoms with E-state index >= 15 is 0 Å². The van der Waals surface area contributed by atoms with Gasteiger partial charge in [0.25, 0.3) is 5.91 Å². The summed E-state index contributed by atoms with van der Waals surface area (Å²) in [5.74, 6) is -1.30. The molecule has 0 saturated heterocycles. The zero-order chi connectivity index (χ0) is 13.5. The molecule has 0 radical (unpaired) electrons. The smallest absolute Gasteiger partial charge is 0.253 e. The van der Waals surface area contributed by atoms with Crippen LogP contribution in [-0.4, -0.2) is 18.4 Å². The van der Waals surface area contributed by atoms with Gasteiger partial charge >= 0.3 is 0 Å². The highest BCUT2D eigenvalue weighted by molar-refractivity contribution is 5.99.